The summed E-state index contributed by atoms with van der Waals surface area (Å²) < 4.78 is 5.45. The van der Waals surface area contributed by atoms with Gasteiger partial charge in [-0.2, -0.15) is 0 Å². The summed E-state index contributed by atoms with van der Waals surface area (Å²) in [6.45, 7) is 4.37. The van der Waals surface area contributed by atoms with E-state index < -0.39 is 0 Å². The van der Waals surface area contributed by atoms with E-state index in [-0.39, 0.29) is 6.61 Å². The Hall–Kier alpha value is -1.94. The maximum Gasteiger partial charge on any atom is 0.159 e. The molecule has 0 aliphatic rings. The van der Waals surface area contributed by atoms with Crippen molar-refractivity contribution in [1.82, 2.24) is 9.97 Å². The van der Waals surface area contributed by atoms with Crippen LogP contribution in [0.5, 0.6) is 5.75 Å². The van der Waals surface area contributed by atoms with Crippen molar-refractivity contribution in [2.75, 3.05) is 6.61 Å². The average Bonchev–Trinajstić information content (AvgIpc) is 2.39. The number of aryl methyl sites for hydroxylation is 1. The SMILES string of the molecule is CCOc1cccc(-c2nc(C)cc(CO)n2)c1. The molecular formula is C14H16N2O2. The molecule has 4 heteroatoms. The standard InChI is InChI=1S/C14H16N2O2/c1-3-18-13-6-4-5-11(8-13)14-15-10(2)7-12(9-17)16-14/h4-8,17H,3,9H2,1-2H3. The van der Waals surface area contributed by atoms with Gasteiger partial charge in [-0.05, 0) is 32.0 Å². The Kier molecular flexibility index (Phi) is 3.89. The number of hydrogen-bond donors (Lipinski definition) is 1. The van der Waals surface area contributed by atoms with Crippen LogP contribution in [-0.4, -0.2) is 21.7 Å². The van der Waals surface area contributed by atoms with Crippen LogP contribution in [0.4, 0.5) is 0 Å². The third-order valence-electron chi connectivity index (χ3n) is 2.47. The summed E-state index contributed by atoms with van der Waals surface area (Å²) in [7, 11) is 0. The van der Waals surface area contributed by atoms with E-state index in [1.165, 1.54) is 0 Å². The van der Waals surface area contributed by atoms with E-state index in [1.54, 1.807) is 6.07 Å². The second kappa shape index (κ2) is 5.60. The van der Waals surface area contributed by atoms with Crippen molar-refractivity contribution in [3.63, 3.8) is 0 Å². The van der Waals surface area contributed by atoms with Crippen LogP contribution in [0.25, 0.3) is 11.4 Å². The molecule has 0 aliphatic carbocycles. The molecule has 0 bridgehead atoms. The smallest absolute Gasteiger partial charge is 0.159 e. The van der Waals surface area contributed by atoms with Crippen LogP contribution in [0.2, 0.25) is 0 Å². The van der Waals surface area contributed by atoms with Crippen LogP contribution in [0.15, 0.2) is 30.3 Å². The van der Waals surface area contributed by atoms with E-state index in [0.29, 0.717) is 18.1 Å². The molecule has 0 fully saturated rings. The summed E-state index contributed by atoms with van der Waals surface area (Å²) in [6.07, 6.45) is 0. The van der Waals surface area contributed by atoms with Crippen LogP contribution in [0.3, 0.4) is 0 Å². The quantitative estimate of drug-likeness (QED) is 0.897. The summed E-state index contributed by atoms with van der Waals surface area (Å²) in [6, 6.07) is 9.41. The zero-order valence-electron chi connectivity index (χ0n) is 10.6. The third kappa shape index (κ3) is 2.84. The Morgan fingerprint density at radius 2 is 2.06 bits per heavy atom. The Morgan fingerprint density at radius 3 is 2.78 bits per heavy atom. The van der Waals surface area contributed by atoms with Gasteiger partial charge in [0.2, 0.25) is 0 Å². The first-order valence-electron chi connectivity index (χ1n) is 5.91. The number of aliphatic hydroxyl groups is 1. The summed E-state index contributed by atoms with van der Waals surface area (Å²) in [4.78, 5) is 8.68. The minimum absolute atomic E-state index is 0.0818. The molecule has 18 heavy (non-hydrogen) atoms. The maximum absolute atomic E-state index is 9.16. The maximum atomic E-state index is 9.16. The number of aromatic nitrogens is 2. The highest BCUT2D eigenvalue weighted by atomic mass is 16.5. The minimum Gasteiger partial charge on any atom is -0.494 e. The number of aliphatic hydroxyl groups excluding tert-OH is 1. The van der Waals surface area contributed by atoms with Crippen molar-refractivity contribution >= 4 is 0 Å². The lowest BCUT2D eigenvalue weighted by Crippen LogP contribution is -1.98. The number of hydrogen-bond acceptors (Lipinski definition) is 4. The first kappa shape index (κ1) is 12.5. The largest absolute Gasteiger partial charge is 0.494 e. The lowest BCUT2D eigenvalue weighted by atomic mass is 10.2. The van der Waals surface area contributed by atoms with E-state index in [4.69, 9.17) is 9.84 Å². The number of benzene rings is 1. The van der Waals surface area contributed by atoms with Crippen molar-refractivity contribution in [2.24, 2.45) is 0 Å². The minimum atomic E-state index is -0.0818. The van der Waals surface area contributed by atoms with Gasteiger partial charge in [-0.1, -0.05) is 12.1 Å². The first-order chi connectivity index (χ1) is 8.72. The predicted molar refractivity (Wildman–Crippen MR) is 69.3 cm³/mol. The van der Waals surface area contributed by atoms with Gasteiger partial charge in [0.05, 0.1) is 18.9 Å². The fraction of sp³-hybridized carbons (Fsp3) is 0.286. The number of rotatable bonds is 4. The lowest BCUT2D eigenvalue weighted by molar-refractivity contribution is 0.276. The van der Waals surface area contributed by atoms with Crippen molar-refractivity contribution < 1.29 is 9.84 Å². The van der Waals surface area contributed by atoms with Gasteiger partial charge in [-0.15, -0.1) is 0 Å². The molecule has 0 aliphatic heterocycles. The normalized spacial score (nSPS) is 10.4. The van der Waals surface area contributed by atoms with Crippen molar-refractivity contribution in [3.8, 4) is 17.1 Å². The lowest BCUT2D eigenvalue weighted by Gasteiger charge is -2.07. The monoisotopic (exact) mass is 244 g/mol. The summed E-state index contributed by atoms with van der Waals surface area (Å²) in [5.74, 6) is 1.41. The number of nitrogens with zero attached hydrogens (tertiary/aromatic N) is 2. The predicted octanol–water partition coefficient (Wildman–Crippen LogP) is 2.34. The molecule has 0 amide bonds. The van der Waals surface area contributed by atoms with Gasteiger partial charge in [-0.25, -0.2) is 9.97 Å². The van der Waals surface area contributed by atoms with Crippen LogP contribution in [-0.2, 0) is 6.61 Å². The second-order valence-electron chi connectivity index (χ2n) is 3.94. The molecular weight excluding hydrogens is 228 g/mol. The average molecular weight is 244 g/mol. The van der Waals surface area contributed by atoms with Gasteiger partial charge in [0.15, 0.2) is 5.82 Å². The molecule has 1 N–H and O–H groups in total. The Bertz CT molecular complexity index is 541. The molecule has 0 unspecified atom stereocenters. The highest BCUT2D eigenvalue weighted by molar-refractivity contribution is 5.57. The van der Waals surface area contributed by atoms with Crippen LogP contribution in [0.1, 0.15) is 18.3 Å². The molecule has 1 aromatic carbocycles. The van der Waals surface area contributed by atoms with E-state index in [9.17, 15) is 0 Å². The summed E-state index contributed by atoms with van der Waals surface area (Å²) in [5, 5.41) is 9.16. The zero-order chi connectivity index (χ0) is 13.0. The molecule has 0 atom stereocenters. The van der Waals surface area contributed by atoms with E-state index in [1.807, 2.05) is 38.1 Å². The molecule has 0 spiro atoms. The Labute approximate surface area is 106 Å². The molecule has 1 aromatic heterocycles. The fourth-order valence-corrected chi connectivity index (χ4v) is 1.74. The Morgan fingerprint density at radius 1 is 1.22 bits per heavy atom. The van der Waals surface area contributed by atoms with Crippen molar-refractivity contribution in [3.05, 3.63) is 41.7 Å². The van der Waals surface area contributed by atoms with Gasteiger partial charge in [0, 0.05) is 11.3 Å². The van der Waals surface area contributed by atoms with Crippen molar-refractivity contribution in [1.29, 1.82) is 0 Å². The van der Waals surface area contributed by atoms with Crippen LogP contribution in [0, 0.1) is 6.92 Å². The molecule has 94 valence electrons. The van der Waals surface area contributed by atoms with E-state index in [2.05, 4.69) is 9.97 Å². The topological polar surface area (TPSA) is 55.2 Å². The molecule has 0 saturated heterocycles. The first-order valence-corrected chi connectivity index (χ1v) is 5.91. The summed E-state index contributed by atoms with van der Waals surface area (Å²) in [5.41, 5.74) is 2.35. The van der Waals surface area contributed by atoms with Gasteiger partial charge < -0.3 is 9.84 Å². The van der Waals surface area contributed by atoms with Gasteiger partial charge in [-0.3, -0.25) is 0 Å². The molecule has 2 aromatic rings. The van der Waals surface area contributed by atoms with E-state index in [0.717, 1.165) is 17.0 Å². The zero-order valence-corrected chi connectivity index (χ0v) is 10.6. The molecule has 0 saturated carbocycles. The van der Waals surface area contributed by atoms with Gasteiger partial charge >= 0.3 is 0 Å². The molecule has 0 radical (unpaired) electrons. The molecule has 4 nitrogen and oxygen atoms in total. The van der Waals surface area contributed by atoms with Crippen LogP contribution >= 0.6 is 0 Å². The highest BCUT2D eigenvalue weighted by Crippen LogP contribution is 2.21. The van der Waals surface area contributed by atoms with Crippen molar-refractivity contribution in [2.45, 2.75) is 20.5 Å². The fourth-order valence-electron chi connectivity index (χ4n) is 1.74. The van der Waals surface area contributed by atoms with Crippen LogP contribution < -0.4 is 4.74 Å². The molecule has 1 heterocycles. The highest BCUT2D eigenvalue weighted by Gasteiger charge is 2.05. The second-order valence-corrected chi connectivity index (χ2v) is 3.94. The summed E-state index contributed by atoms with van der Waals surface area (Å²) >= 11 is 0. The third-order valence-corrected chi connectivity index (χ3v) is 2.47. The number of ether oxygens (including phenoxy) is 1. The van der Waals surface area contributed by atoms with E-state index >= 15 is 0 Å². The van der Waals surface area contributed by atoms with Gasteiger partial charge in [0.1, 0.15) is 5.75 Å². The van der Waals surface area contributed by atoms with Gasteiger partial charge in [0.25, 0.3) is 0 Å². The molecule has 2 rings (SSSR count). The Balaban J connectivity index is 2.41.